The number of Topliss-reactive ketones (excluding diaryl/α,β-unsaturated/α-hetero) is 1. The monoisotopic (exact) mass is 273 g/mol. The van der Waals surface area contributed by atoms with E-state index in [2.05, 4.69) is 4.99 Å². The Balaban J connectivity index is 2.06. The van der Waals surface area contributed by atoms with Crippen molar-refractivity contribution in [1.29, 1.82) is 0 Å². The molecule has 96 valence electrons. The van der Waals surface area contributed by atoms with Crippen molar-refractivity contribution in [1.82, 2.24) is 0 Å². The first kappa shape index (κ1) is 12.2. The van der Waals surface area contributed by atoms with Gasteiger partial charge in [0, 0.05) is 12.0 Å². The van der Waals surface area contributed by atoms with Crippen LogP contribution in [0.1, 0.15) is 5.56 Å². The average Bonchev–Trinajstić information content (AvgIpc) is 2.97. The molecule has 0 saturated carbocycles. The van der Waals surface area contributed by atoms with Crippen molar-refractivity contribution < 1.29 is 14.3 Å². The number of benzene rings is 1. The lowest BCUT2D eigenvalue weighted by Gasteiger charge is -2.16. The van der Waals surface area contributed by atoms with Crippen LogP contribution in [0.5, 0.6) is 0 Å². The van der Waals surface area contributed by atoms with Crippen LogP contribution in [-0.2, 0) is 14.3 Å². The highest BCUT2D eigenvalue weighted by molar-refractivity contribution is 8.12. The second-order valence-corrected chi connectivity index (χ2v) is 5.52. The van der Waals surface area contributed by atoms with Crippen LogP contribution < -0.4 is 0 Å². The summed E-state index contributed by atoms with van der Waals surface area (Å²) >= 11 is 1.23. The fraction of sp³-hybridized carbons (Fsp3) is 0.214. The number of nitrogens with zero attached hydrogens (tertiary/aromatic N) is 1. The number of ketones is 1. The molecular weight excluding hydrogens is 262 g/mol. The molecule has 2 aliphatic rings. The van der Waals surface area contributed by atoms with Crippen LogP contribution >= 0.6 is 11.8 Å². The molecule has 0 N–H and O–H groups in total. The lowest BCUT2D eigenvalue weighted by Crippen LogP contribution is -2.43. The highest BCUT2D eigenvalue weighted by Gasteiger charge is 2.59. The molecule has 3 rings (SSSR count). The number of aliphatic imine (C=N–C) groups is 1. The van der Waals surface area contributed by atoms with Crippen molar-refractivity contribution in [3.05, 3.63) is 42.0 Å². The normalized spacial score (nSPS) is 28.1. The summed E-state index contributed by atoms with van der Waals surface area (Å²) < 4.78 is 3.62. The number of hydrogen-bond donors (Lipinski definition) is 0. The molecule has 1 saturated heterocycles. The number of esters is 1. The van der Waals surface area contributed by atoms with Gasteiger partial charge in [-0.05, 0) is 11.6 Å². The number of allylic oxidation sites excluding steroid dienone is 1. The van der Waals surface area contributed by atoms with Crippen LogP contribution in [-0.4, -0.2) is 35.9 Å². The van der Waals surface area contributed by atoms with E-state index in [0.717, 1.165) is 10.5 Å². The molecule has 0 aliphatic carbocycles. The lowest BCUT2D eigenvalue weighted by atomic mass is 9.99. The predicted octanol–water partition coefficient (Wildman–Crippen LogP) is 1.71. The van der Waals surface area contributed by atoms with Gasteiger partial charge in [-0.1, -0.05) is 42.1 Å². The summed E-state index contributed by atoms with van der Waals surface area (Å²) in [6.07, 6.45) is 1.80. The summed E-state index contributed by atoms with van der Waals surface area (Å²) in [6, 6.07) is 9.63. The Morgan fingerprint density at radius 3 is 2.58 bits per heavy atom. The Kier molecular flexibility index (Phi) is 2.78. The molecule has 0 aromatic heterocycles. The van der Waals surface area contributed by atoms with Gasteiger partial charge in [0.25, 0.3) is 0 Å². The molecule has 0 bridgehead atoms. The fourth-order valence-corrected chi connectivity index (χ4v) is 3.56. The summed E-state index contributed by atoms with van der Waals surface area (Å²) in [5.41, 5.74) is 1.45. The van der Waals surface area contributed by atoms with Gasteiger partial charge in [-0.3, -0.25) is 9.79 Å². The minimum Gasteiger partial charge on any atom is -0.456 e. The van der Waals surface area contributed by atoms with Gasteiger partial charge in [-0.2, -0.15) is 0 Å². The summed E-state index contributed by atoms with van der Waals surface area (Å²) in [5.74, 6) is -0.740. The topological polar surface area (TPSA) is 55.7 Å². The molecule has 1 unspecified atom stereocenters. The standard InChI is InChI=1S/C14H11NO3S/c1-15-11-7-10(9-5-3-2-4-6-9)19-14(11)12(16)8-18-13(14)17/h2-7H,8H2,1H3. The van der Waals surface area contributed by atoms with Crippen LogP contribution in [0.3, 0.4) is 0 Å². The highest BCUT2D eigenvalue weighted by Crippen LogP contribution is 2.48. The predicted molar refractivity (Wildman–Crippen MR) is 74.1 cm³/mol. The molecular formula is C14H11NO3S. The minimum atomic E-state index is -1.28. The number of carbonyl (C=O) groups excluding carboxylic acids is 2. The maximum Gasteiger partial charge on any atom is 0.337 e. The number of cyclic esters (lactones) is 1. The number of thioether (sulfide) groups is 1. The summed E-state index contributed by atoms with van der Waals surface area (Å²) in [7, 11) is 1.58. The maximum atomic E-state index is 12.1. The van der Waals surface area contributed by atoms with Crippen molar-refractivity contribution in [2.75, 3.05) is 13.7 Å². The Labute approximate surface area is 114 Å². The first-order valence-corrected chi connectivity index (χ1v) is 6.64. The van der Waals surface area contributed by atoms with E-state index in [1.165, 1.54) is 11.8 Å². The van der Waals surface area contributed by atoms with Gasteiger partial charge in [0.1, 0.15) is 0 Å². The van der Waals surface area contributed by atoms with Gasteiger partial charge in [0.15, 0.2) is 6.61 Å². The second-order valence-electron chi connectivity index (χ2n) is 4.27. The summed E-state index contributed by atoms with van der Waals surface area (Å²) in [6.45, 7) is -0.166. The zero-order valence-corrected chi connectivity index (χ0v) is 11.1. The SMILES string of the molecule is CN=C1C=C(c2ccccc2)SC12C(=O)COC2=O. The summed E-state index contributed by atoms with van der Waals surface area (Å²) in [5, 5.41) is 0. The number of hydrogen-bond acceptors (Lipinski definition) is 5. The molecule has 1 aromatic carbocycles. The van der Waals surface area contributed by atoms with Crippen LogP contribution in [0.15, 0.2) is 41.4 Å². The van der Waals surface area contributed by atoms with E-state index >= 15 is 0 Å². The van der Waals surface area contributed by atoms with E-state index in [1.54, 1.807) is 13.1 Å². The summed E-state index contributed by atoms with van der Waals surface area (Å²) in [4.78, 5) is 29.0. The molecule has 0 radical (unpaired) electrons. The largest absolute Gasteiger partial charge is 0.456 e. The third-order valence-corrected chi connectivity index (χ3v) is 4.69. The third-order valence-electron chi connectivity index (χ3n) is 3.21. The van der Waals surface area contributed by atoms with Gasteiger partial charge < -0.3 is 4.74 Å². The molecule has 4 nitrogen and oxygen atoms in total. The Hall–Kier alpha value is -1.88. The molecule has 5 heteroatoms. The highest BCUT2D eigenvalue weighted by atomic mass is 32.2. The Morgan fingerprint density at radius 1 is 1.26 bits per heavy atom. The van der Waals surface area contributed by atoms with Crippen LogP contribution in [0.2, 0.25) is 0 Å². The molecule has 0 amide bonds. The molecule has 1 fully saturated rings. The number of carbonyl (C=O) groups is 2. The second kappa shape index (κ2) is 4.35. The first-order chi connectivity index (χ1) is 9.18. The zero-order chi connectivity index (χ0) is 13.5. The molecule has 1 aromatic rings. The number of rotatable bonds is 1. The first-order valence-electron chi connectivity index (χ1n) is 5.82. The van der Waals surface area contributed by atoms with Gasteiger partial charge in [0.2, 0.25) is 10.5 Å². The third kappa shape index (κ3) is 1.65. The van der Waals surface area contributed by atoms with Gasteiger partial charge in [-0.25, -0.2) is 4.79 Å². The van der Waals surface area contributed by atoms with Crippen LogP contribution in [0.25, 0.3) is 4.91 Å². The van der Waals surface area contributed by atoms with E-state index in [0.29, 0.717) is 5.71 Å². The Bertz CT molecular complexity index is 603. The fourth-order valence-electron chi connectivity index (χ4n) is 2.23. The molecule has 2 heterocycles. The van der Waals surface area contributed by atoms with Gasteiger partial charge >= 0.3 is 5.97 Å². The molecule has 19 heavy (non-hydrogen) atoms. The van der Waals surface area contributed by atoms with E-state index in [1.807, 2.05) is 30.3 Å². The minimum absolute atomic E-state index is 0.166. The Morgan fingerprint density at radius 2 is 2.00 bits per heavy atom. The van der Waals surface area contributed by atoms with Crippen LogP contribution in [0.4, 0.5) is 0 Å². The number of ether oxygens (including phenoxy) is 1. The van der Waals surface area contributed by atoms with E-state index in [9.17, 15) is 9.59 Å². The zero-order valence-electron chi connectivity index (χ0n) is 10.3. The van der Waals surface area contributed by atoms with E-state index in [4.69, 9.17) is 4.74 Å². The van der Waals surface area contributed by atoms with Crippen molar-refractivity contribution in [3.63, 3.8) is 0 Å². The van der Waals surface area contributed by atoms with Crippen molar-refractivity contribution in [2.45, 2.75) is 4.75 Å². The van der Waals surface area contributed by atoms with E-state index < -0.39 is 10.7 Å². The smallest absolute Gasteiger partial charge is 0.337 e. The van der Waals surface area contributed by atoms with Crippen LogP contribution in [0, 0.1) is 0 Å². The van der Waals surface area contributed by atoms with E-state index in [-0.39, 0.29) is 12.4 Å². The van der Waals surface area contributed by atoms with Crippen molar-refractivity contribution in [3.8, 4) is 0 Å². The van der Waals surface area contributed by atoms with Gasteiger partial charge in [0.05, 0.1) is 5.71 Å². The maximum absolute atomic E-state index is 12.1. The average molecular weight is 273 g/mol. The molecule has 1 spiro atoms. The van der Waals surface area contributed by atoms with Crippen molar-refractivity contribution >= 4 is 34.1 Å². The molecule has 2 aliphatic heterocycles. The van der Waals surface area contributed by atoms with Gasteiger partial charge in [-0.15, -0.1) is 0 Å². The lowest BCUT2D eigenvalue weighted by molar-refractivity contribution is -0.138. The molecule has 1 atom stereocenters. The van der Waals surface area contributed by atoms with Crippen molar-refractivity contribution in [2.24, 2.45) is 4.99 Å². The quantitative estimate of drug-likeness (QED) is 0.577.